The summed E-state index contributed by atoms with van der Waals surface area (Å²) in [6, 6.07) is 21.2. The van der Waals surface area contributed by atoms with Crippen molar-refractivity contribution in [3.8, 4) is 0 Å². The Hall–Kier alpha value is -2.91. The van der Waals surface area contributed by atoms with Gasteiger partial charge in [0.15, 0.2) is 0 Å². The van der Waals surface area contributed by atoms with Gasteiger partial charge in [-0.15, -0.1) is 0 Å². The van der Waals surface area contributed by atoms with E-state index in [2.05, 4.69) is 5.32 Å². The zero-order valence-corrected chi connectivity index (χ0v) is 22.9. The Morgan fingerprint density at radius 3 is 2.16 bits per heavy atom. The van der Waals surface area contributed by atoms with Crippen molar-refractivity contribution in [3.05, 3.63) is 100 Å². The summed E-state index contributed by atoms with van der Waals surface area (Å²) in [5.41, 5.74) is 1.58. The van der Waals surface area contributed by atoms with E-state index < -0.39 is 28.5 Å². The van der Waals surface area contributed by atoms with E-state index in [1.807, 2.05) is 30.3 Å². The number of rotatable bonds is 11. The first-order valence-corrected chi connectivity index (χ1v) is 13.9. The molecule has 7 nitrogen and oxygen atoms in total. The minimum Gasteiger partial charge on any atom is -0.355 e. The monoisotopic (exact) mass is 561 g/mol. The fourth-order valence-electron chi connectivity index (χ4n) is 3.83. The van der Waals surface area contributed by atoms with Crippen LogP contribution in [0.15, 0.2) is 83.8 Å². The molecule has 10 heteroatoms. The first kappa shape index (κ1) is 28.7. The topological polar surface area (TPSA) is 86.8 Å². The standard InChI is InChI=1S/C27H29Cl2N3O4S/c1-3-30-27(34)25(17-20-8-5-4-6-9-20)32(18-21-10-7-11-23(29)16-21)26(33)19-31(2)37(35,36)24-14-12-22(28)13-15-24/h4-16,25H,3,17-19H2,1-2H3,(H,30,34)/t25-/m1/s1. The third-order valence-corrected chi connectivity index (χ3v) is 8.05. The molecule has 0 saturated carbocycles. The van der Waals surface area contributed by atoms with Gasteiger partial charge in [-0.25, -0.2) is 8.42 Å². The molecule has 0 unspecified atom stereocenters. The molecule has 1 N–H and O–H groups in total. The van der Waals surface area contributed by atoms with Crippen LogP contribution in [0.3, 0.4) is 0 Å². The van der Waals surface area contributed by atoms with E-state index in [1.165, 1.54) is 36.2 Å². The van der Waals surface area contributed by atoms with Gasteiger partial charge >= 0.3 is 0 Å². The highest BCUT2D eigenvalue weighted by atomic mass is 35.5. The van der Waals surface area contributed by atoms with Gasteiger partial charge in [-0.05, 0) is 54.4 Å². The van der Waals surface area contributed by atoms with E-state index >= 15 is 0 Å². The van der Waals surface area contributed by atoms with Crippen molar-refractivity contribution < 1.29 is 18.0 Å². The summed E-state index contributed by atoms with van der Waals surface area (Å²) in [5, 5.41) is 3.70. The number of nitrogens with one attached hydrogen (secondary N) is 1. The fourth-order valence-corrected chi connectivity index (χ4v) is 5.29. The van der Waals surface area contributed by atoms with Gasteiger partial charge in [0.05, 0.1) is 11.4 Å². The Bertz CT molecular complexity index is 1320. The number of hydrogen-bond acceptors (Lipinski definition) is 4. The molecule has 0 saturated heterocycles. The average Bonchev–Trinajstić information content (AvgIpc) is 2.87. The Labute approximate surface area is 228 Å². The molecule has 1 atom stereocenters. The summed E-state index contributed by atoms with van der Waals surface area (Å²) >= 11 is 12.1. The number of carbonyl (C=O) groups is 2. The van der Waals surface area contributed by atoms with Gasteiger partial charge in [0.2, 0.25) is 21.8 Å². The minimum absolute atomic E-state index is 0.0122. The number of carbonyl (C=O) groups excluding carboxylic acids is 2. The predicted octanol–water partition coefficient (Wildman–Crippen LogP) is 4.39. The molecular formula is C27H29Cl2N3O4S. The Morgan fingerprint density at radius 1 is 0.892 bits per heavy atom. The van der Waals surface area contributed by atoms with E-state index in [1.54, 1.807) is 31.2 Å². The van der Waals surface area contributed by atoms with Crippen molar-refractivity contribution in [1.82, 2.24) is 14.5 Å². The number of nitrogens with zero attached hydrogens (tertiary/aromatic N) is 2. The van der Waals surface area contributed by atoms with E-state index in [0.29, 0.717) is 22.2 Å². The molecule has 0 aliphatic carbocycles. The molecule has 0 aliphatic heterocycles. The molecule has 3 rings (SSSR count). The fraction of sp³-hybridized carbons (Fsp3) is 0.259. The molecular weight excluding hydrogens is 533 g/mol. The number of benzene rings is 3. The molecule has 3 aromatic rings. The van der Waals surface area contributed by atoms with Gasteiger partial charge in [0.1, 0.15) is 6.04 Å². The average molecular weight is 563 g/mol. The van der Waals surface area contributed by atoms with E-state index in [-0.39, 0.29) is 23.8 Å². The molecule has 0 fully saturated rings. The molecule has 0 aromatic heterocycles. The maximum atomic E-state index is 13.7. The molecule has 0 heterocycles. The first-order chi connectivity index (χ1) is 17.6. The van der Waals surface area contributed by atoms with Crippen LogP contribution in [0.25, 0.3) is 0 Å². The molecule has 3 aromatic carbocycles. The second-order valence-corrected chi connectivity index (χ2v) is 11.4. The molecule has 2 amide bonds. The lowest BCUT2D eigenvalue weighted by Crippen LogP contribution is -2.53. The lowest BCUT2D eigenvalue weighted by atomic mass is 10.0. The number of hydrogen-bond donors (Lipinski definition) is 1. The van der Waals surface area contributed by atoms with Crippen LogP contribution in [0.4, 0.5) is 0 Å². The smallest absolute Gasteiger partial charge is 0.243 e. The second kappa shape index (κ2) is 13.1. The molecule has 0 bridgehead atoms. The number of amides is 2. The zero-order valence-electron chi connectivity index (χ0n) is 20.6. The van der Waals surface area contributed by atoms with Crippen LogP contribution in [0, 0.1) is 0 Å². The molecule has 196 valence electrons. The highest BCUT2D eigenvalue weighted by molar-refractivity contribution is 7.89. The van der Waals surface area contributed by atoms with Crippen LogP contribution in [-0.2, 0) is 32.6 Å². The number of sulfonamides is 1. The number of halogens is 2. The zero-order chi connectivity index (χ0) is 27.0. The van der Waals surface area contributed by atoms with Crippen LogP contribution < -0.4 is 5.32 Å². The van der Waals surface area contributed by atoms with Crippen molar-refractivity contribution in [2.45, 2.75) is 30.8 Å². The maximum Gasteiger partial charge on any atom is 0.243 e. The summed E-state index contributed by atoms with van der Waals surface area (Å²) in [6.45, 7) is 1.79. The quantitative estimate of drug-likeness (QED) is 0.376. The SMILES string of the molecule is CCNC(=O)[C@@H](Cc1ccccc1)N(Cc1cccc(Cl)c1)C(=O)CN(C)S(=O)(=O)c1ccc(Cl)cc1. The normalized spacial score (nSPS) is 12.2. The Morgan fingerprint density at radius 2 is 1.54 bits per heavy atom. The molecule has 0 radical (unpaired) electrons. The van der Waals surface area contributed by atoms with Crippen LogP contribution in [0.1, 0.15) is 18.1 Å². The summed E-state index contributed by atoms with van der Waals surface area (Å²) in [4.78, 5) is 28.3. The van der Waals surface area contributed by atoms with Gasteiger partial charge < -0.3 is 10.2 Å². The van der Waals surface area contributed by atoms with Gasteiger partial charge in [0.25, 0.3) is 0 Å². The van der Waals surface area contributed by atoms with Gasteiger partial charge in [-0.1, -0.05) is 65.7 Å². The van der Waals surface area contributed by atoms with Crippen LogP contribution in [-0.4, -0.2) is 55.6 Å². The third-order valence-electron chi connectivity index (χ3n) is 5.74. The largest absolute Gasteiger partial charge is 0.355 e. The summed E-state index contributed by atoms with van der Waals surface area (Å²) in [7, 11) is -2.64. The second-order valence-electron chi connectivity index (χ2n) is 8.47. The summed E-state index contributed by atoms with van der Waals surface area (Å²) in [5.74, 6) is -0.850. The van der Waals surface area contributed by atoms with E-state index in [0.717, 1.165) is 9.87 Å². The Balaban J connectivity index is 1.95. The first-order valence-electron chi connectivity index (χ1n) is 11.7. The highest BCUT2D eigenvalue weighted by Crippen LogP contribution is 2.20. The maximum absolute atomic E-state index is 13.7. The molecule has 0 spiro atoms. The van der Waals surface area contributed by atoms with Gasteiger partial charge in [0, 0.05) is 36.6 Å². The van der Waals surface area contributed by atoms with Crippen LogP contribution in [0.5, 0.6) is 0 Å². The predicted molar refractivity (Wildman–Crippen MR) is 146 cm³/mol. The van der Waals surface area contributed by atoms with Crippen molar-refractivity contribution in [1.29, 1.82) is 0 Å². The van der Waals surface area contributed by atoms with Crippen molar-refractivity contribution >= 4 is 45.0 Å². The molecule has 0 aliphatic rings. The Kier molecular flexibility index (Phi) is 10.1. The van der Waals surface area contributed by atoms with Gasteiger partial charge in [-0.2, -0.15) is 4.31 Å². The highest BCUT2D eigenvalue weighted by Gasteiger charge is 2.32. The van der Waals surface area contributed by atoms with Crippen molar-refractivity contribution in [2.24, 2.45) is 0 Å². The van der Waals surface area contributed by atoms with E-state index in [4.69, 9.17) is 23.2 Å². The molecule has 37 heavy (non-hydrogen) atoms. The van der Waals surface area contributed by atoms with Crippen molar-refractivity contribution in [3.63, 3.8) is 0 Å². The third kappa shape index (κ3) is 7.79. The lowest BCUT2D eigenvalue weighted by molar-refractivity contribution is -0.141. The minimum atomic E-state index is -3.97. The summed E-state index contributed by atoms with van der Waals surface area (Å²) in [6.07, 6.45) is 0.257. The van der Waals surface area contributed by atoms with E-state index in [9.17, 15) is 18.0 Å². The van der Waals surface area contributed by atoms with Gasteiger partial charge in [-0.3, -0.25) is 9.59 Å². The van der Waals surface area contributed by atoms with Crippen LogP contribution in [0.2, 0.25) is 10.0 Å². The summed E-state index contributed by atoms with van der Waals surface area (Å²) < 4.78 is 27.2. The van der Waals surface area contributed by atoms with Crippen molar-refractivity contribution in [2.75, 3.05) is 20.1 Å². The number of likely N-dealkylation sites (N-methyl/N-ethyl adjacent to an activating group) is 2. The lowest BCUT2D eigenvalue weighted by Gasteiger charge is -2.32. The van der Waals surface area contributed by atoms with Crippen LogP contribution >= 0.6 is 23.2 Å².